The van der Waals surface area contributed by atoms with Crippen molar-refractivity contribution in [3.63, 3.8) is 0 Å². The summed E-state index contributed by atoms with van der Waals surface area (Å²) in [6, 6.07) is 8.25. The van der Waals surface area contributed by atoms with E-state index < -0.39 is 16.1 Å². The third-order valence-electron chi connectivity index (χ3n) is 4.82. The van der Waals surface area contributed by atoms with E-state index in [0.29, 0.717) is 30.1 Å². The summed E-state index contributed by atoms with van der Waals surface area (Å²) in [5.74, 6) is -0.206. The number of hydrogen-bond acceptors (Lipinski definition) is 5. The Labute approximate surface area is 172 Å². The van der Waals surface area contributed by atoms with Crippen molar-refractivity contribution in [2.24, 2.45) is 0 Å². The Balaban J connectivity index is 1.54. The Morgan fingerprint density at radius 2 is 2.04 bits per heavy atom. The van der Waals surface area contributed by atoms with Crippen molar-refractivity contribution >= 4 is 49.0 Å². The minimum atomic E-state index is -3.81. The molecule has 146 valence electrons. The van der Waals surface area contributed by atoms with Gasteiger partial charge in [-0.1, -0.05) is 11.6 Å². The molecule has 1 atom stereocenters. The zero-order valence-corrected chi connectivity index (χ0v) is 17.4. The number of likely N-dealkylation sites (tertiary alicyclic amines) is 1. The number of benzene rings is 1. The summed E-state index contributed by atoms with van der Waals surface area (Å²) in [7, 11) is -3.81. The molecule has 0 unspecified atom stereocenters. The topological polar surface area (TPSA) is 79.4 Å². The van der Waals surface area contributed by atoms with Crippen LogP contribution in [0.25, 0.3) is 10.1 Å². The van der Waals surface area contributed by atoms with E-state index in [2.05, 4.69) is 9.71 Å². The van der Waals surface area contributed by atoms with E-state index in [-0.39, 0.29) is 10.1 Å². The molecule has 0 bridgehead atoms. The molecule has 6 nitrogen and oxygen atoms in total. The number of carbonyl (C=O) groups is 1. The zero-order valence-electron chi connectivity index (χ0n) is 15.1. The number of amides is 1. The summed E-state index contributed by atoms with van der Waals surface area (Å²) in [5, 5.41) is 1.37. The van der Waals surface area contributed by atoms with Gasteiger partial charge in [-0.3, -0.25) is 9.78 Å². The Bertz CT molecular complexity index is 1150. The monoisotopic (exact) mass is 435 g/mol. The molecule has 4 rings (SSSR count). The lowest BCUT2D eigenvalue weighted by Gasteiger charge is -2.17. The molecule has 2 aromatic heterocycles. The molecule has 1 amide bonds. The molecule has 28 heavy (non-hydrogen) atoms. The average Bonchev–Trinajstić information content (AvgIpc) is 3.17. The van der Waals surface area contributed by atoms with Gasteiger partial charge in [-0.2, -0.15) is 4.72 Å². The first-order valence-electron chi connectivity index (χ1n) is 8.74. The molecule has 0 saturated carbocycles. The van der Waals surface area contributed by atoms with E-state index in [9.17, 15) is 13.2 Å². The lowest BCUT2D eigenvalue weighted by molar-refractivity contribution is -0.129. The summed E-state index contributed by atoms with van der Waals surface area (Å²) < 4.78 is 29.6. The number of thiophene rings is 1. The van der Waals surface area contributed by atoms with E-state index in [4.69, 9.17) is 11.6 Å². The number of nitrogens with zero attached hydrogens (tertiary/aromatic N) is 2. The lowest BCUT2D eigenvalue weighted by Crippen LogP contribution is -2.41. The second kappa shape index (κ2) is 7.44. The first-order valence-corrected chi connectivity index (χ1v) is 11.4. The molecule has 0 aliphatic carbocycles. The smallest absolute Gasteiger partial charge is 0.251 e. The summed E-state index contributed by atoms with van der Waals surface area (Å²) in [6.07, 6.45) is 3.79. The highest BCUT2D eigenvalue weighted by atomic mass is 35.5. The number of hydrogen-bond donors (Lipinski definition) is 1. The van der Waals surface area contributed by atoms with Gasteiger partial charge in [0.05, 0.1) is 0 Å². The van der Waals surface area contributed by atoms with Crippen LogP contribution in [0.1, 0.15) is 17.5 Å². The molecular formula is C19H18ClN3O3S2. The molecule has 0 radical (unpaired) electrons. The molecule has 0 spiro atoms. The summed E-state index contributed by atoms with van der Waals surface area (Å²) in [4.78, 5) is 18.3. The number of pyridine rings is 1. The van der Waals surface area contributed by atoms with E-state index >= 15 is 0 Å². The Hall–Kier alpha value is -2.00. The van der Waals surface area contributed by atoms with Gasteiger partial charge in [-0.25, -0.2) is 8.42 Å². The van der Waals surface area contributed by atoms with Gasteiger partial charge in [-0.15, -0.1) is 11.3 Å². The van der Waals surface area contributed by atoms with Gasteiger partial charge in [0, 0.05) is 35.2 Å². The summed E-state index contributed by atoms with van der Waals surface area (Å²) in [5.41, 5.74) is 1.61. The van der Waals surface area contributed by atoms with Crippen LogP contribution in [0.3, 0.4) is 0 Å². The molecule has 3 heterocycles. The van der Waals surface area contributed by atoms with Crippen molar-refractivity contribution in [1.82, 2.24) is 14.6 Å². The van der Waals surface area contributed by atoms with Crippen molar-refractivity contribution in [1.29, 1.82) is 0 Å². The van der Waals surface area contributed by atoms with Crippen LogP contribution in [0.15, 0.2) is 46.9 Å². The van der Waals surface area contributed by atoms with Crippen molar-refractivity contribution < 1.29 is 13.2 Å². The largest absolute Gasteiger partial charge is 0.337 e. The predicted octanol–water partition coefficient (Wildman–Crippen LogP) is 3.34. The predicted molar refractivity (Wildman–Crippen MR) is 110 cm³/mol. The fourth-order valence-corrected chi connectivity index (χ4v) is 6.54. The summed E-state index contributed by atoms with van der Waals surface area (Å²) >= 11 is 7.23. The van der Waals surface area contributed by atoms with Crippen LogP contribution in [0.5, 0.6) is 0 Å². The highest BCUT2D eigenvalue weighted by Gasteiger charge is 2.36. The highest BCUT2D eigenvalue weighted by Crippen LogP contribution is 2.35. The number of aromatic nitrogens is 1. The number of fused-ring (bicyclic) bond motifs is 1. The van der Waals surface area contributed by atoms with Gasteiger partial charge >= 0.3 is 0 Å². The highest BCUT2D eigenvalue weighted by molar-refractivity contribution is 7.91. The van der Waals surface area contributed by atoms with Crippen molar-refractivity contribution in [3.05, 3.63) is 58.9 Å². The Morgan fingerprint density at radius 1 is 1.29 bits per heavy atom. The SMILES string of the molecule is Cc1c(S(=O)(=O)N[C@H]2CCN(Cc3ccncc3)C2=O)sc2ccc(Cl)cc12. The second-order valence-electron chi connectivity index (χ2n) is 6.73. The fraction of sp³-hybridized carbons (Fsp3) is 0.263. The van der Waals surface area contributed by atoms with E-state index in [1.165, 1.54) is 11.3 Å². The van der Waals surface area contributed by atoms with Crippen LogP contribution in [0, 0.1) is 6.92 Å². The number of sulfonamides is 1. The first kappa shape index (κ1) is 19.3. The minimum Gasteiger partial charge on any atom is -0.337 e. The van der Waals surface area contributed by atoms with E-state index in [0.717, 1.165) is 15.6 Å². The Kier molecular flexibility index (Phi) is 5.13. The zero-order chi connectivity index (χ0) is 19.9. The normalized spacial score (nSPS) is 17.6. The van der Waals surface area contributed by atoms with Gasteiger partial charge in [-0.05, 0) is 60.2 Å². The van der Waals surface area contributed by atoms with Gasteiger partial charge < -0.3 is 4.90 Å². The average molecular weight is 436 g/mol. The maximum atomic E-state index is 13.0. The van der Waals surface area contributed by atoms with Crippen LogP contribution < -0.4 is 4.72 Å². The number of halogens is 1. The molecule has 1 fully saturated rings. The second-order valence-corrected chi connectivity index (χ2v) is 10.1. The number of rotatable bonds is 5. The third-order valence-corrected chi connectivity index (χ3v) is 8.42. The minimum absolute atomic E-state index is 0.206. The number of aryl methyl sites for hydroxylation is 1. The lowest BCUT2D eigenvalue weighted by atomic mass is 10.2. The molecule has 9 heteroatoms. The van der Waals surface area contributed by atoms with Gasteiger partial charge in [0.15, 0.2) is 0 Å². The van der Waals surface area contributed by atoms with Crippen molar-refractivity contribution in [2.45, 2.75) is 30.1 Å². The quantitative estimate of drug-likeness (QED) is 0.666. The molecule has 1 N–H and O–H groups in total. The molecule has 1 saturated heterocycles. The van der Waals surface area contributed by atoms with Crippen LogP contribution in [-0.2, 0) is 21.4 Å². The van der Waals surface area contributed by atoms with Crippen molar-refractivity contribution in [3.8, 4) is 0 Å². The van der Waals surface area contributed by atoms with E-state index in [1.54, 1.807) is 36.4 Å². The van der Waals surface area contributed by atoms with Crippen molar-refractivity contribution in [2.75, 3.05) is 6.54 Å². The van der Waals surface area contributed by atoms with Gasteiger partial charge in [0.2, 0.25) is 5.91 Å². The van der Waals surface area contributed by atoms with E-state index in [1.807, 2.05) is 18.2 Å². The first-order chi connectivity index (χ1) is 13.3. The molecular weight excluding hydrogens is 418 g/mol. The number of nitrogens with one attached hydrogen (secondary N) is 1. The van der Waals surface area contributed by atoms with Crippen LogP contribution in [-0.4, -0.2) is 36.8 Å². The summed E-state index contributed by atoms with van der Waals surface area (Å²) in [6.45, 7) is 2.71. The molecule has 3 aromatic rings. The molecule has 1 aliphatic rings. The molecule has 1 aliphatic heterocycles. The van der Waals surface area contributed by atoms with Gasteiger partial charge in [0.25, 0.3) is 10.0 Å². The number of carbonyl (C=O) groups excluding carboxylic acids is 1. The standard InChI is InChI=1S/C19H18ClN3O3S2/c1-12-15-10-14(20)2-3-17(15)27-19(12)28(25,26)22-16-6-9-23(18(16)24)11-13-4-7-21-8-5-13/h2-5,7-8,10,16,22H,6,9,11H2,1H3/t16-/m0/s1. The van der Waals surface area contributed by atoms with Crippen LogP contribution >= 0.6 is 22.9 Å². The van der Waals surface area contributed by atoms with Crippen LogP contribution in [0.4, 0.5) is 0 Å². The van der Waals surface area contributed by atoms with Gasteiger partial charge in [0.1, 0.15) is 10.3 Å². The Morgan fingerprint density at radius 3 is 2.79 bits per heavy atom. The van der Waals surface area contributed by atoms with Crippen LogP contribution in [0.2, 0.25) is 5.02 Å². The maximum absolute atomic E-state index is 13.0. The third kappa shape index (κ3) is 3.65. The molecule has 1 aromatic carbocycles. The fourth-order valence-electron chi connectivity index (χ4n) is 3.38. The maximum Gasteiger partial charge on any atom is 0.251 e.